The van der Waals surface area contributed by atoms with E-state index in [0.29, 0.717) is 0 Å². The predicted molar refractivity (Wildman–Crippen MR) is 182 cm³/mol. The molecule has 0 saturated heterocycles. The van der Waals surface area contributed by atoms with Crippen LogP contribution in [0.2, 0.25) is 0 Å². The number of benzene rings is 3. The normalized spacial score (nSPS) is 12.1. The lowest BCUT2D eigenvalue weighted by molar-refractivity contribution is 0.104. The van der Waals surface area contributed by atoms with Crippen molar-refractivity contribution in [2.45, 2.75) is 50.7 Å². The average Bonchev–Trinajstić information content (AvgIpc) is 2.97. The van der Waals surface area contributed by atoms with Crippen molar-refractivity contribution in [1.82, 2.24) is 0 Å². The Kier molecular flexibility index (Phi) is 12.2. The van der Waals surface area contributed by atoms with Gasteiger partial charge in [0, 0.05) is 17.1 Å². The molecule has 3 aromatic carbocycles. The molecule has 216 valence electrons. The van der Waals surface area contributed by atoms with Crippen LogP contribution in [-0.4, -0.2) is 37.8 Å². The maximum Gasteiger partial charge on any atom is 0.193 e. The standard InChI is InChI=1S/C35H45NO3Si2/c1-8-24-34(5,25-9-2)38-40-32-20-14-29(15-21-32)36(28-12-18-31(37-7)19-13-28)30-16-22-33(23-17-30)41-39-35(6,26-10-3)27-11-4/h8-23H,1-4,24-27,40-41H2,5-7H3. The SMILES string of the molecule is C=CCC(C)(CC=C)O[SiH2]c1ccc(N(c2ccc(OC)cc2)c2ccc([SiH2]OC(C)(CC=C)CC=C)cc2)cc1. The number of hydrogen-bond donors (Lipinski definition) is 0. The highest BCUT2D eigenvalue weighted by molar-refractivity contribution is 6.47. The Bertz CT molecular complexity index is 1170. The molecule has 0 unspecified atom stereocenters. The van der Waals surface area contributed by atoms with Crippen LogP contribution in [0.3, 0.4) is 0 Å². The highest BCUT2D eigenvalue weighted by Crippen LogP contribution is 2.34. The maximum atomic E-state index is 6.43. The first-order valence-corrected chi connectivity index (χ1v) is 16.7. The van der Waals surface area contributed by atoms with Gasteiger partial charge in [0.05, 0.1) is 18.3 Å². The van der Waals surface area contributed by atoms with Crippen molar-refractivity contribution in [2.75, 3.05) is 12.0 Å². The third-order valence-corrected chi connectivity index (χ3v) is 10.5. The molecular weight excluding hydrogens is 539 g/mol. The summed E-state index contributed by atoms with van der Waals surface area (Å²) < 4.78 is 18.3. The van der Waals surface area contributed by atoms with Gasteiger partial charge in [-0.1, -0.05) is 48.6 Å². The molecule has 0 radical (unpaired) electrons. The Labute approximate surface area is 251 Å². The highest BCUT2D eigenvalue weighted by atomic mass is 28.2. The van der Waals surface area contributed by atoms with Crippen LogP contribution >= 0.6 is 0 Å². The molecule has 6 heteroatoms. The molecule has 0 N–H and O–H groups in total. The first-order valence-electron chi connectivity index (χ1n) is 14.1. The summed E-state index contributed by atoms with van der Waals surface area (Å²) in [5.74, 6) is 0.829. The zero-order valence-electron chi connectivity index (χ0n) is 25.0. The molecule has 0 amide bonds. The number of hydrogen-bond acceptors (Lipinski definition) is 4. The fraction of sp³-hybridized carbons (Fsp3) is 0.257. The molecule has 0 bridgehead atoms. The number of methoxy groups -OCH3 is 1. The molecule has 0 aliphatic carbocycles. The van der Waals surface area contributed by atoms with Crippen LogP contribution in [0, 0.1) is 0 Å². The van der Waals surface area contributed by atoms with E-state index in [1.807, 2.05) is 36.4 Å². The first-order chi connectivity index (χ1) is 19.8. The molecule has 3 aromatic rings. The van der Waals surface area contributed by atoms with E-state index in [9.17, 15) is 0 Å². The topological polar surface area (TPSA) is 30.9 Å². The van der Waals surface area contributed by atoms with Gasteiger partial charge in [0.15, 0.2) is 19.5 Å². The second-order valence-electron chi connectivity index (χ2n) is 10.8. The minimum atomic E-state index is -0.914. The van der Waals surface area contributed by atoms with Crippen molar-refractivity contribution < 1.29 is 13.6 Å². The molecule has 0 fully saturated rings. The van der Waals surface area contributed by atoms with Crippen LogP contribution in [0.1, 0.15) is 39.5 Å². The molecule has 0 atom stereocenters. The van der Waals surface area contributed by atoms with Crippen molar-refractivity contribution in [3.8, 4) is 5.75 Å². The molecule has 0 spiro atoms. The summed E-state index contributed by atoms with van der Waals surface area (Å²) in [6, 6.07) is 25.6. The van der Waals surface area contributed by atoms with Gasteiger partial charge < -0.3 is 18.5 Å². The quantitative estimate of drug-likeness (QED) is 0.127. The fourth-order valence-corrected chi connectivity index (χ4v) is 7.16. The van der Waals surface area contributed by atoms with Gasteiger partial charge in [0.1, 0.15) is 5.75 Å². The van der Waals surface area contributed by atoms with E-state index >= 15 is 0 Å². The summed E-state index contributed by atoms with van der Waals surface area (Å²) in [5, 5.41) is 2.51. The van der Waals surface area contributed by atoms with E-state index in [1.54, 1.807) is 7.11 Å². The third-order valence-electron chi connectivity index (χ3n) is 7.20. The summed E-state index contributed by atoms with van der Waals surface area (Å²) >= 11 is 0. The molecule has 3 rings (SSSR count). The van der Waals surface area contributed by atoms with E-state index in [0.717, 1.165) is 48.5 Å². The number of nitrogens with zero attached hydrogens (tertiary/aromatic N) is 1. The van der Waals surface area contributed by atoms with Crippen LogP contribution in [-0.2, 0) is 8.85 Å². The largest absolute Gasteiger partial charge is 0.497 e. The van der Waals surface area contributed by atoms with Crippen LogP contribution in [0.5, 0.6) is 5.75 Å². The highest BCUT2D eigenvalue weighted by Gasteiger charge is 2.23. The Morgan fingerprint density at radius 1 is 0.585 bits per heavy atom. The molecule has 0 saturated carbocycles. The Hall–Kier alpha value is -3.43. The van der Waals surface area contributed by atoms with Crippen LogP contribution in [0.15, 0.2) is 123 Å². The van der Waals surface area contributed by atoms with Crippen molar-refractivity contribution in [2.24, 2.45) is 0 Å². The Morgan fingerprint density at radius 2 is 0.902 bits per heavy atom. The minimum absolute atomic E-state index is 0.243. The van der Waals surface area contributed by atoms with E-state index in [-0.39, 0.29) is 11.2 Å². The number of rotatable bonds is 18. The average molecular weight is 584 g/mol. The molecular formula is C35H45NO3Si2. The van der Waals surface area contributed by atoms with Crippen LogP contribution in [0.4, 0.5) is 17.1 Å². The first kappa shape index (κ1) is 32.1. The van der Waals surface area contributed by atoms with Crippen LogP contribution in [0.25, 0.3) is 0 Å². The van der Waals surface area contributed by atoms with Crippen molar-refractivity contribution in [3.63, 3.8) is 0 Å². The van der Waals surface area contributed by atoms with Gasteiger partial charge in [-0.05, 0) is 98.4 Å². The van der Waals surface area contributed by atoms with E-state index in [2.05, 4.69) is 106 Å². The molecule has 0 heterocycles. The van der Waals surface area contributed by atoms with Gasteiger partial charge in [-0.25, -0.2) is 0 Å². The number of ether oxygens (including phenoxy) is 1. The van der Waals surface area contributed by atoms with Gasteiger partial charge in [-0.3, -0.25) is 0 Å². The van der Waals surface area contributed by atoms with Gasteiger partial charge in [-0.15, -0.1) is 26.3 Å². The van der Waals surface area contributed by atoms with Crippen molar-refractivity contribution in [1.29, 1.82) is 0 Å². The second-order valence-corrected chi connectivity index (χ2v) is 13.6. The fourth-order valence-electron chi connectivity index (χ4n) is 4.80. The second kappa shape index (κ2) is 15.5. The molecule has 4 nitrogen and oxygen atoms in total. The number of anilines is 3. The Morgan fingerprint density at radius 3 is 1.20 bits per heavy atom. The summed E-state index contributed by atoms with van der Waals surface area (Å²) in [6.45, 7) is 19.9. The maximum absolute atomic E-state index is 6.43. The lowest BCUT2D eigenvalue weighted by Crippen LogP contribution is -2.33. The van der Waals surface area contributed by atoms with Gasteiger partial charge in [0.25, 0.3) is 0 Å². The van der Waals surface area contributed by atoms with Gasteiger partial charge in [0.2, 0.25) is 0 Å². The summed E-state index contributed by atoms with van der Waals surface area (Å²) in [6.07, 6.45) is 10.9. The predicted octanol–water partition coefficient (Wildman–Crippen LogP) is 6.44. The minimum Gasteiger partial charge on any atom is -0.497 e. The van der Waals surface area contributed by atoms with Crippen molar-refractivity contribution >= 4 is 47.0 Å². The van der Waals surface area contributed by atoms with E-state index in [4.69, 9.17) is 13.6 Å². The molecule has 0 aliphatic rings. The Balaban J connectivity index is 1.84. The van der Waals surface area contributed by atoms with Gasteiger partial charge in [-0.2, -0.15) is 0 Å². The monoisotopic (exact) mass is 583 g/mol. The summed E-state index contributed by atoms with van der Waals surface area (Å²) in [4.78, 5) is 2.26. The summed E-state index contributed by atoms with van der Waals surface area (Å²) in [7, 11) is -0.142. The van der Waals surface area contributed by atoms with E-state index in [1.165, 1.54) is 10.4 Å². The van der Waals surface area contributed by atoms with Crippen LogP contribution < -0.4 is 20.0 Å². The smallest absolute Gasteiger partial charge is 0.193 e. The molecule has 0 aromatic heterocycles. The lowest BCUT2D eigenvalue weighted by atomic mass is 9.99. The lowest BCUT2D eigenvalue weighted by Gasteiger charge is -2.29. The zero-order chi connectivity index (χ0) is 29.7. The van der Waals surface area contributed by atoms with E-state index < -0.39 is 19.5 Å². The molecule has 0 aliphatic heterocycles. The van der Waals surface area contributed by atoms with Gasteiger partial charge >= 0.3 is 0 Å². The zero-order valence-corrected chi connectivity index (χ0v) is 27.8. The summed E-state index contributed by atoms with van der Waals surface area (Å²) in [5.41, 5.74) is 2.74. The third kappa shape index (κ3) is 9.30. The van der Waals surface area contributed by atoms with Crippen molar-refractivity contribution in [3.05, 3.63) is 123 Å². The molecule has 41 heavy (non-hydrogen) atoms.